The number of likely N-dealkylation sites (tertiary alicyclic amines) is 1. The number of rotatable bonds is 7. The van der Waals surface area contributed by atoms with Crippen LogP contribution in [0.5, 0.6) is 0 Å². The summed E-state index contributed by atoms with van der Waals surface area (Å²) < 4.78 is 5.24. The largest absolute Gasteiger partial charge is 0.469 e. The lowest BCUT2D eigenvalue weighted by molar-refractivity contribution is -0.121. The number of amidine groups is 1. The summed E-state index contributed by atoms with van der Waals surface area (Å²) in [4.78, 5) is 43.2. The Labute approximate surface area is 190 Å². The molecule has 32 heavy (non-hydrogen) atoms. The molecule has 0 saturated carbocycles. The fourth-order valence-corrected chi connectivity index (χ4v) is 4.79. The zero-order valence-corrected chi connectivity index (χ0v) is 18.5. The van der Waals surface area contributed by atoms with Gasteiger partial charge in [-0.2, -0.15) is 4.99 Å². The highest BCUT2D eigenvalue weighted by atomic mass is 32.2. The van der Waals surface area contributed by atoms with Crippen molar-refractivity contribution in [2.45, 2.75) is 37.4 Å². The van der Waals surface area contributed by atoms with Crippen LogP contribution in [0.15, 0.2) is 52.1 Å². The second kappa shape index (κ2) is 10.5. The molecule has 1 fully saturated rings. The number of piperidine rings is 1. The van der Waals surface area contributed by atoms with Gasteiger partial charge in [0.05, 0.1) is 6.26 Å². The molecule has 4 rings (SSSR count). The number of amides is 3. The topological polar surface area (TPSA) is 104 Å². The van der Waals surface area contributed by atoms with Gasteiger partial charge in [-0.25, -0.2) is 0 Å². The van der Waals surface area contributed by atoms with Crippen LogP contribution >= 0.6 is 11.8 Å². The number of carbonyl (C=O) groups excluding carboxylic acids is 3. The second-order valence-corrected chi connectivity index (χ2v) is 8.97. The Balaban J connectivity index is 1.22. The van der Waals surface area contributed by atoms with Crippen molar-refractivity contribution in [1.29, 1.82) is 0 Å². The van der Waals surface area contributed by atoms with E-state index in [4.69, 9.17) is 4.42 Å². The standard InChI is InChI=1S/C23H26N4O4S/c28-20(15-19-22(30)26-23(32-19)27-12-2-1-3-13-27)25-17-8-6-16(7-9-17)21(29)24-11-10-18-5-4-14-31-18/h4-9,14,19H,1-3,10-13,15H2,(H,24,29)(H,25,28). The van der Waals surface area contributed by atoms with Crippen molar-refractivity contribution in [3.8, 4) is 0 Å². The summed E-state index contributed by atoms with van der Waals surface area (Å²) in [6.07, 6.45) is 5.72. The molecular formula is C23H26N4O4S. The molecule has 2 aliphatic rings. The van der Waals surface area contributed by atoms with Gasteiger partial charge in [-0.05, 0) is 55.7 Å². The fourth-order valence-electron chi connectivity index (χ4n) is 3.67. The number of carbonyl (C=O) groups is 3. The molecule has 168 valence electrons. The van der Waals surface area contributed by atoms with E-state index >= 15 is 0 Å². The molecule has 1 saturated heterocycles. The zero-order valence-electron chi connectivity index (χ0n) is 17.7. The Morgan fingerprint density at radius 3 is 2.62 bits per heavy atom. The SMILES string of the molecule is O=C(CC1SC(N2CCCCC2)=NC1=O)Nc1ccc(C(=O)NCCc2ccco2)cc1. The maximum absolute atomic E-state index is 12.4. The molecular weight excluding hydrogens is 428 g/mol. The molecule has 3 amide bonds. The molecule has 9 heteroatoms. The van der Waals surface area contributed by atoms with E-state index in [0.717, 1.165) is 36.9 Å². The highest BCUT2D eigenvalue weighted by Crippen LogP contribution is 2.29. The molecule has 2 N–H and O–H groups in total. The maximum Gasteiger partial charge on any atom is 0.262 e. The Bertz CT molecular complexity index is 982. The summed E-state index contributed by atoms with van der Waals surface area (Å²) in [5.74, 6) is 0.134. The molecule has 0 aliphatic carbocycles. The van der Waals surface area contributed by atoms with E-state index in [9.17, 15) is 14.4 Å². The van der Waals surface area contributed by atoms with Crippen molar-refractivity contribution in [3.63, 3.8) is 0 Å². The van der Waals surface area contributed by atoms with Crippen LogP contribution in [-0.4, -0.2) is 52.7 Å². The van der Waals surface area contributed by atoms with Gasteiger partial charge in [0.2, 0.25) is 5.91 Å². The second-order valence-electron chi connectivity index (χ2n) is 7.80. The van der Waals surface area contributed by atoms with Gasteiger partial charge in [-0.15, -0.1) is 0 Å². The third-order valence-electron chi connectivity index (χ3n) is 5.39. The first-order valence-corrected chi connectivity index (χ1v) is 11.7. The third kappa shape index (κ3) is 5.79. The number of anilines is 1. The molecule has 1 aromatic heterocycles. The van der Waals surface area contributed by atoms with E-state index in [1.54, 1.807) is 30.5 Å². The minimum absolute atomic E-state index is 0.0688. The molecule has 2 aromatic rings. The van der Waals surface area contributed by atoms with E-state index in [2.05, 4.69) is 20.5 Å². The lowest BCUT2D eigenvalue weighted by Gasteiger charge is -2.27. The van der Waals surface area contributed by atoms with Crippen molar-refractivity contribution in [1.82, 2.24) is 10.2 Å². The quantitative estimate of drug-likeness (QED) is 0.666. The van der Waals surface area contributed by atoms with E-state index < -0.39 is 5.25 Å². The number of furan rings is 1. The van der Waals surface area contributed by atoms with Crippen LogP contribution in [0.1, 0.15) is 41.8 Å². The molecule has 8 nitrogen and oxygen atoms in total. The predicted molar refractivity (Wildman–Crippen MR) is 124 cm³/mol. The first kappa shape index (κ1) is 22.1. The van der Waals surface area contributed by atoms with Gasteiger partial charge < -0.3 is 20.0 Å². The first-order valence-electron chi connectivity index (χ1n) is 10.8. The first-order chi connectivity index (χ1) is 15.6. The summed E-state index contributed by atoms with van der Waals surface area (Å²) in [6.45, 7) is 2.31. The van der Waals surface area contributed by atoms with E-state index in [1.165, 1.54) is 18.2 Å². The van der Waals surface area contributed by atoms with Gasteiger partial charge in [-0.1, -0.05) is 11.8 Å². The van der Waals surface area contributed by atoms with Crippen molar-refractivity contribution < 1.29 is 18.8 Å². The van der Waals surface area contributed by atoms with E-state index in [0.29, 0.717) is 24.2 Å². The van der Waals surface area contributed by atoms with Crippen LogP contribution in [0, 0.1) is 0 Å². The minimum atomic E-state index is -0.480. The number of thioether (sulfide) groups is 1. The molecule has 0 bridgehead atoms. The molecule has 2 aliphatic heterocycles. The molecule has 1 atom stereocenters. The van der Waals surface area contributed by atoms with Crippen molar-refractivity contribution in [2.24, 2.45) is 4.99 Å². The van der Waals surface area contributed by atoms with Crippen LogP contribution in [0.2, 0.25) is 0 Å². The summed E-state index contributed by atoms with van der Waals surface area (Å²) in [5, 5.41) is 5.90. The van der Waals surface area contributed by atoms with E-state index in [1.807, 2.05) is 12.1 Å². The number of benzene rings is 1. The molecule has 1 unspecified atom stereocenters. The Kier molecular flexibility index (Phi) is 7.26. The number of hydrogen-bond acceptors (Lipinski definition) is 6. The van der Waals surface area contributed by atoms with Crippen LogP contribution < -0.4 is 10.6 Å². The molecule has 0 radical (unpaired) electrons. The lowest BCUT2D eigenvalue weighted by Crippen LogP contribution is -2.33. The summed E-state index contributed by atoms with van der Waals surface area (Å²) in [7, 11) is 0. The highest BCUT2D eigenvalue weighted by molar-refractivity contribution is 8.15. The fraction of sp³-hybridized carbons (Fsp3) is 0.391. The monoisotopic (exact) mass is 454 g/mol. The molecule has 3 heterocycles. The number of hydrogen-bond donors (Lipinski definition) is 2. The van der Waals surface area contributed by atoms with Gasteiger partial charge in [0.1, 0.15) is 11.0 Å². The average molecular weight is 455 g/mol. The highest BCUT2D eigenvalue weighted by Gasteiger charge is 2.33. The van der Waals surface area contributed by atoms with Gasteiger partial charge in [0.25, 0.3) is 11.8 Å². The van der Waals surface area contributed by atoms with Gasteiger partial charge in [0.15, 0.2) is 5.17 Å². The smallest absolute Gasteiger partial charge is 0.262 e. The van der Waals surface area contributed by atoms with Crippen molar-refractivity contribution in [2.75, 3.05) is 25.0 Å². The van der Waals surface area contributed by atoms with Crippen LogP contribution in [0.3, 0.4) is 0 Å². The Hall–Kier alpha value is -3.07. The van der Waals surface area contributed by atoms with Gasteiger partial charge in [0, 0.05) is 43.7 Å². The minimum Gasteiger partial charge on any atom is -0.469 e. The number of aliphatic imine (C=N–C) groups is 1. The normalized spacial score (nSPS) is 18.4. The van der Waals surface area contributed by atoms with Gasteiger partial charge in [-0.3, -0.25) is 14.4 Å². The van der Waals surface area contributed by atoms with Crippen molar-refractivity contribution in [3.05, 3.63) is 54.0 Å². The Morgan fingerprint density at radius 2 is 1.91 bits per heavy atom. The maximum atomic E-state index is 12.4. The van der Waals surface area contributed by atoms with Crippen LogP contribution in [0.25, 0.3) is 0 Å². The molecule has 1 aromatic carbocycles. The molecule has 0 spiro atoms. The third-order valence-corrected chi connectivity index (χ3v) is 6.61. The lowest BCUT2D eigenvalue weighted by atomic mass is 10.1. The van der Waals surface area contributed by atoms with Crippen LogP contribution in [0.4, 0.5) is 5.69 Å². The predicted octanol–water partition coefficient (Wildman–Crippen LogP) is 3.06. The average Bonchev–Trinajstić information content (AvgIpc) is 3.45. The number of nitrogens with zero attached hydrogens (tertiary/aromatic N) is 2. The number of nitrogens with one attached hydrogen (secondary N) is 2. The summed E-state index contributed by atoms with van der Waals surface area (Å²) in [5.41, 5.74) is 1.08. The van der Waals surface area contributed by atoms with Crippen molar-refractivity contribution >= 4 is 40.3 Å². The Morgan fingerprint density at radius 1 is 1.12 bits per heavy atom. The summed E-state index contributed by atoms with van der Waals surface area (Å²) >= 11 is 1.38. The zero-order chi connectivity index (χ0) is 22.3. The van der Waals surface area contributed by atoms with Crippen LogP contribution in [-0.2, 0) is 16.0 Å². The van der Waals surface area contributed by atoms with E-state index in [-0.39, 0.29) is 24.1 Å². The summed E-state index contributed by atoms with van der Waals surface area (Å²) in [6, 6.07) is 10.3. The van der Waals surface area contributed by atoms with Gasteiger partial charge >= 0.3 is 0 Å².